The maximum absolute atomic E-state index is 11.9. The number of para-hydroxylation sites is 2. The molecule has 3 rings (SSSR count). The highest BCUT2D eigenvalue weighted by molar-refractivity contribution is 9.10. The number of rotatable bonds is 5. The van der Waals surface area contributed by atoms with Crippen molar-refractivity contribution in [3.63, 3.8) is 0 Å². The van der Waals surface area contributed by atoms with Crippen LogP contribution in [0.5, 0.6) is 0 Å². The van der Waals surface area contributed by atoms with E-state index in [0.29, 0.717) is 18.9 Å². The van der Waals surface area contributed by atoms with E-state index in [2.05, 4.69) is 36.5 Å². The maximum atomic E-state index is 11.9. The molecular weight excluding hydrogens is 344 g/mol. The van der Waals surface area contributed by atoms with E-state index in [0.717, 1.165) is 21.2 Å². The molecule has 1 heterocycles. The zero-order valence-electron chi connectivity index (χ0n) is 11.8. The number of amides is 1. The van der Waals surface area contributed by atoms with Crippen LogP contribution in [0.3, 0.4) is 0 Å². The van der Waals surface area contributed by atoms with Crippen molar-refractivity contribution in [3.8, 4) is 0 Å². The van der Waals surface area contributed by atoms with Crippen molar-refractivity contribution in [1.82, 2.24) is 9.97 Å². The molecule has 0 bridgehead atoms. The summed E-state index contributed by atoms with van der Waals surface area (Å²) in [5.74, 6) is 0.642. The molecule has 0 unspecified atom stereocenters. The maximum Gasteiger partial charge on any atom is 0.226 e. The van der Waals surface area contributed by atoms with Gasteiger partial charge in [-0.25, -0.2) is 4.98 Å². The highest BCUT2D eigenvalue weighted by Crippen LogP contribution is 2.15. The topological polar surface area (TPSA) is 69.8 Å². The number of aromatic nitrogens is 2. The number of hydrogen-bond acceptors (Lipinski definition) is 3. The van der Waals surface area contributed by atoms with Gasteiger partial charge in [0.15, 0.2) is 0 Å². The Morgan fingerprint density at radius 2 is 1.91 bits per heavy atom. The van der Waals surface area contributed by atoms with E-state index in [-0.39, 0.29) is 5.91 Å². The monoisotopic (exact) mass is 358 g/mol. The standard InChI is InChI=1S/C16H15BrN4O/c17-11-5-7-12(8-6-11)19-15(22)9-10-18-16-20-13-3-1-2-4-14(13)21-16/h1-8H,9-10H2,(H,19,22)(H2,18,20,21). The van der Waals surface area contributed by atoms with Crippen LogP contribution in [-0.2, 0) is 4.79 Å². The fourth-order valence-electron chi connectivity index (χ4n) is 2.09. The summed E-state index contributed by atoms with van der Waals surface area (Å²) in [6.45, 7) is 0.516. The van der Waals surface area contributed by atoms with Crippen LogP contribution < -0.4 is 10.6 Å². The van der Waals surface area contributed by atoms with Crippen molar-refractivity contribution < 1.29 is 4.79 Å². The molecule has 0 saturated heterocycles. The number of nitrogens with one attached hydrogen (secondary N) is 3. The molecule has 0 fully saturated rings. The number of benzene rings is 2. The van der Waals surface area contributed by atoms with Gasteiger partial charge in [0, 0.05) is 23.1 Å². The molecule has 0 saturated carbocycles. The van der Waals surface area contributed by atoms with Crippen molar-refractivity contribution >= 4 is 44.5 Å². The average molecular weight is 359 g/mol. The van der Waals surface area contributed by atoms with Crippen LogP contribution in [0.15, 0.2) is 53.0 Å². The van der Waals surface area contributed by atoms with Gasteiger partial charge in [-0.3, -0.25) is 4.79 Å². The van der Waals surface area contributed by atoms with Crippen LogP contribution in [0, 0.1) is 0 Å². The predicted molar refractivity (Wildman–Crippen MR) is 92.0 cm³/mol. The fraction of sp³-hybridized carbons (Fsp3) is 0.125. The zero-order chi connectivity index (χ0) is 15.4. The lowest BCUT2D eigenvalue weighted by atomic mass is 10.3. The van der Waals surface area contributed by atoms with Gasteiger partial charge >= 0.3 is 0 Å². The number of H-pyrrole nitrogens is 1. The van der Waals surface area contributed by atoms with Crippen LogP contribution in [-0.4, -0.2) is 22.4 Å². The van der Waals surface area contributed by atoms with E-state index in [4.69, 9.17) is 0 Å². The molecule has 3 N–H and O–H groups in total. The molecule has 1 aromatic heterocycles. The van der Waals surface area contributed by atoms with E-state index in [1.54, 1.807) is 0 Å². The lowest BCUT2D eigenvalue weighted by Gasteiger charge is -2.06. The number of imidazole rings is 1. The van der Waals surface area contributed by atoms with Gasteiger partial charge in [-0.2, -0.15) is 0 Å². The van der Waals surface area contributed by atoms with Gasteiger partial charge in [-0.05, 0) is 36.4 Å². The predicted octanol–water partition coefficient (Wildman–Crippen LogP) is 3.77. The molecule has 0 aliphatic carbocycles. The third-order valence-electron chi connectivity index (χ3n) is 3.16. The summed E-state index contributed by atoms with van der Waals surface area (Å²) in [6.07, 6.45) is 0.368. The largest absolute Gasteiger partial charge is 0.355 e. The molecule has 0 atom stereocenters. The Labute approximate surface area is 136 Å². The Bertz CT molecular complexity index is 749. The van der Waals surface area contributed by atoms with Crippen LogP contribution in [0.4, 0.5) is 11.6 Å². The van der Waals surface area contributed by atoms with E-state index in [1.807, 2.05) is 48.5 Å². The van der Waals surface area contributed by atoms with Crippen molar-refractivity contribution in [1.29, 1.82) is 0 Å². The van der Waals surface area contributed by atoms with Crippen molar-refractivity contribution in [2.75, 3.05) is 17.2 Å². The number of fused-ring (bicyclic) bond motifs is 1. The highest BCUT2D eigenvalue weighted by Gasteiger charge is 2.04. The summed E-state index contributed by atoms with van der Waals surface area (Å²) in [5.41, 5.74) is 2.67. The quantitative estimate of drug-likeness (QED) is 0.650. The average Bonchev–Trinajstić information content (AvgIpc) is 2.92. The summed E-state index contributed by atoms with van der Waals surface area (Å²) >= 11 is 3.36. The third-order valence-corrected chi connectivity index (χ3v) is 3.69. The number of halogens is 1. The van der Waals surface area contributed by atoms with Gasteiger partial charge in [-0.1, -0.05) is 28.1 Å². The molecule has 3 aromatic rings. The normalized spacial score (nSPS) is 10.6. The number of carbonyl (C=O) groups is 1. The van der Waals surface area contributed by atoms with E-state index in [9.17, 15) is 4.79 Å². The number of carbonyl (C=O) groups excluding carboxylic acids is 1. The van der Waals surface area contributed by atoms with Crippen LogP contribution in [0.1, 0.15) is 6.42 Å². The molecular formula is C16H15BrN4O. The number of aromatic amines is 1. The zero-order valence-corrected chi connectivity index (χ0v) is 13.4. The number of nitrogens with zero attached hydrogens (tertiary/aromatic N) is 1. The second kappa shape index (κ2) is 6.62. The molecule has 0 aliphatic rings. The second-order valence-corrected chi connectivity index (χ2v) is 5.75. The summed E-state index contributed by atoms with van der Waals surface area (Å²) < 4.78 is 0.983. The van der Waals surface area contributed by atoms with E-state index >= 15 is 0 Å². The van der Waals surface area contributed by atoms with Crippen LogP contribution in [0.2, 0.25) is 0 Å². The molecule has 112 valence electrons. The SMILES string of the molecule is O=C(CCNc1nc2ccccc2[nH]1)Nc1ccc(Br)cc1. The first-order valence-corrected chi connectivity index (χ1v) is 7.74. The first-order valence-electron chi connectivity index (χ1n) is 6.95. The third kappa shape index (κ3) is 3.65. The van der Waals surface area contributed by atoms with Crippen LogP contribution >= 0.6 is 15.9 Å². The Morgan fingerprint density at radius 3 is 2.68 bits per heavy atom. The lowest BCUT2D eigenvalue weighted by molar-refractivity contribution is -0.115. The summed E-state index contributed by atoms with van der Waals surface area (Å²) in [7, 11) is 0. The highest BCUT2D eigenvalue weighted by atomic mass is 79.9. The van der Waals surface area contributed by atoms with Gasteiger partial charge in [0.2, 0.25) is 11.9 Å². The summed E-state index contributed by atoms with van der Waals surface area (Å²) in [6, 6.07) is 15.3. The van der Waals surface area contributed by atoms with Gasteiger partial charge < -0.3 is 15.6 Å². The molecule has 2 aromatic carbocycles. The van der Waals surface area contributed by atoms with Crippen LogP contribution in [0.25, 0.3) is 11.0 Å². The molecule has 22 heavy (non-hydrogen) atoms. The Kier molecular flexibility index (Phi) is 4.39. The minimum atomic E-state index is -0.0362. The van der Waals surface area contributed by atoms with E-state index < -0.39 is 0 Å². The van der Waals surface area contributed by atoms with Gasteiger partial charge in [0.05, 0.1) is 11.0 Å². The number of hydrogen-bond donors (Lipinski definition) is 3. The molecule has 1 amide bonds. The van der Waals surface area contributed by atoms with Crippen molar-refractivity contribution in [2.45, 2.75) is 6.42 Å². The molecule has 0 radical (unpaired) electrons. The summed E-state index contributed by atoms with van der Waals surface area (Å²) in [5, 5.41) is 5.98. The Hall–Kier alpha value is -2.34. The molecule has 0 spiro atoms. The first-order chi connectivity index (χ1) is 10.7. The minimum absolute atomic E-state index is 0.0362. The van der Waals surface area contributed by atoms with Gasteiger partial charge in [0.25, 0.3) is 0 Å². The Morgan fingerprint density at radius 1 is 1.14 bits per heavy atom. The smallest absolute Gasteiger partial charge is 0.226 e. The number of anilines is 2. The van der Waals surface area contributed by atoms with Crippen molar-refractivity contribution in [3.05, 3.63) is 53.0 Å². The molecule has 5 nitrogen and oxygen atoms in total. The summed E-state index contributed by atoms with van der Waals surface area (Å²) in [4.78, 5) is 19.4. The molecule has 6 heteroatoms. The second-order valence-electron chi connectivity index (χ2n) is 4.83. The Balaban J connectivity index is 1.49. The fourth-order valence-corrected chi connectivity index (χ4v) is 2.35. The van der Waals surface area contributed by atoms with Gasteiger partial charge in [0.1, 0.15) is 0 Å². The first kappa shape index (κ1) is 14.6. The van der Waals surface area contributed by atoms with Gasteiger partial charge in [-0.15, -0.1) is 0 Å². The van der Waals surface area contributed by atoms with Crippen molar-refractivity contribution in [2.24, 2.45) is 0 Å². The molecule has 0 aliphatic heterocycles. The minimum Gasteiger partial charge on any atom is -0.355 e. The lowest BCUT2D eigenvalue weighted by Crippen LogP contribution is -2.16. The van der Waals surface area contributed by atoms with E-state index in [1.165, 1.54) is 0 Å².